The van der Waals surface area contributed by atoms with Gasteiger partial charge in [-0.25, -0.2) is 4.79 Å². The Labute approximate surface area is 156 Å². The Morgan fingerprint density at radius 2 is 1.85 bits per heavy atom. The standard InChI is InChI=1S/C20H30N2O4/c1-6-17(22(7-2)10-8-9-11-22)19(23)21-18-14(3)12-15(25-4)13-16(18)20(24)26-5/h12-13,17H,6-11H2,1-5H3/p+1. The van der Waals surface area contributed by atoms with E-state index in [1.54, 1.807) is 13.2 Å². The summed E-state index contributed by atoms with van der Waals surface area (Å²) in [6.07, 6.45) is 3.08. The number of carbonyl (C=O) groups excluding carboxylic acids is 2. The summed E-state index contributed by atoms with van der Waals surface area (Å²) in [7, 11) is 2.88. The van der Waals surface area contributed by atoms with E-state index in [1.165, 1.54) is 7.11 Å². The molecule has 0 bridgehead atoms. The van der Waals surface area contributed by atoms with Gasteiger partial charge in [0.15, 0.2) is 6.04 Å². The van der Waals surface area contributed by atoms with E-state index >= 15 is 0 Å². The van der Waals surface area contributed by atoms with E-state index in [1.807, 2.05) is 13.0 Å². The topological polar surface area (TPSA) is 64.6 Å². The predicted molar refractivity (Wildman–Crippen MR) is 102 cm³/mol. The highest BCUT2D eigenvalue weighted by Gasteiger charge is 2.42. The smallest absolute Gasteiger partial charge is 0.340 e. The number of likely N-dealkylation sites (N-methyl/N-ethyl adjacent to an activating group) is 1. The van der Waals surface area contributed by atoms with E-state index in [0.717, 1.165) is 48.9 Å². The first-order valence-corrected chi connectivity index (χ1v) is 9.36. The van der Waals surface area contributed by atoms with Crippen LogP contribution in [-0.2, 0) is 9.53 Å². The van der Waals surface area contributed by atoms with Crippen molar-refractivity contribution in [2.75, 3.05) is 39.2 Å². The Kier molecular flexibility index (Phi) is 6.64. The molecule has 26 heavy (non-hydrogen) atoms. The minimum absolute atomic E-state index is 0.0327. The number of amides is 1. The van der Waals surface area contributed by atoms with Crippen LogP contribution in [0.4, 0.5) is 5.69 Å². The van der Waals surface area contributed by atoms with Crippen molar-refractivity contribution in [2.24, 2.45) is 0 Å². The van der Waals surface area contributed by atoms with E-state index < -0.39 is 5.97 Å². The lowest BCUT2D eigenvalue weighted by Crippen LogP contribution is -2.57. The Morgan fingerprint density at radius 3 is 2.35 bits per heavy atom. The van der Waals surface area contributed by atoms with Gasteiger partial charge in [0, 0.05) is 19.3 Å². The summed E-state index contributed by atoms with van der Waals surface area (Å²) in [6, 6.07) is 3.30. The Morgan fingerprint density at radius 1 is 1.19 bits per heavy atom. The number of nitrogens with one attached hydrogen (secondary N) is 1. The van der Waals surface area contributed by atoms with Crippen molar-refractivity contribution < 1.29 is 23.5 Å². The first-order valence-electron chi connectivity index (χ1n) is 9.36. The number of esters is 1. The van der Waals surface area contributed by atoms with Gasteiger partial charge >= 0.3 is 5.97 Å². The Hall–Kier alpha value is -2.08. The van der Waals surface area contributed by atoms with Crippen LogP contribution in [0.25, 0.3) is 0 Å². The molecule has 1 unspecified atom stereocenters. The molecule has 1 aliphatic heterocycles. The zero-order valence-corrected chi connectivity index (χ0v) is 16.6. The van der Waals surface area contributed by atoms with Crippen LogP contribution in [0.15, 0.2) is 12.1 Å². The van der Waals surface area contributed by atoms with Crippen molar-refractivity contribution in [3.63, 3.8) is 0 Å². The third-order valence-electron chi connectivity index (χ3n) is 5.64. The normalized spacial score (nSPS) is 16.8. The summed E-state index contributed by atoms with van der Waals surface area (Å²) in [5, 5.41) is 3.02. The number of methoxy groups -OCH3 is 2. The summed E-state index contributed by atoms with van der Waals surface area (Å²) in [4.78, 5) is 25.4. The van der Waals surface area contributed by atoms with Gasteiger partial charge in [-0.1, -0.05) is 6.92 Å². The molecule has 1 aliphatic rings. The number of nitrogens with zero attached hydrogens (tertiary/aromatic N) is 1. The predicted octanol–water partition coefficient (Wildman–Crippen LogP) is 3.14. The van der Waals surface area contributed by atoms with E-state index in [0.29, 0.717) is 17.0 Å². The van der Waals surface area contributed by atoms with E-state index in [4.69, 9.17) is 9.47 Å². The molecule has 1 aromatic rings. The van der Waals surface area contributed by atoms with Crippen LogP contribution in [0.3, 0.4) is 0 Å². The molecule has 0 radical (unpaired) electrons. The second-order valence-corrected chi connectivity index (χ2v) is 6.96. The number of quaternary nitrogens is 1. The summed E-state index contributed by atoms with van der Waals surface area (Å²) >= 11 is 0. The molecule has 6 nitrogen and oxygen atoms in total. The fourth-order valence-electron chi connectivity index (χ4n) is 4.15. The number of carbonyl (C=O) groups is 2. The van der Waals surface area contributed by atoms with Crippen molar-refractivity contribution in [2.45, 2.75) is 46.1 Å². The number of likely N-dealkylation sites (tertiary alicyclic amines) is 1. The number of aryl methyl sites for hydroxylation is 1. The van der Waals surface area contributed by atoms with Crippen molar-refractivity contribution in [1.82, 2.24) is 0 Å². The fourth-order valence-corrected chi connectivity index (χ4v) is 4.15. The molecule has 1 N–H and O–H groups in total. The zero-order chi connectivity index (χ0) is 19.3. The lowest BCUT2D eigenvalue weighted by Gasteiger charge is -2.39. The highest BCUT2D eigenvalue weighted by atomic mass is 16.5. The SMILES string of the molecule is CCC(C(=O)Nc1c(C)cc(OC)cc1C(=O)OC)[N+]1(CC)CCCC1. The van der Waals surface area contributed by atoms with Crippen molar-refractivity contribution in [1.29, 1.82) is 0 Å². The van der Waals surface area contributed by atoms with Gasteiger partial charge in [0.2, 0.25) is 0 Å². The molecule has 1 saturated heterocycles. The maximum absolute atomic E-state index is 13.2. The monoisotopic (exact) mass is 363 g/mol. The molecule has 0 spiro atoms. The highest BCUT2D eigenvalue weighted by molar-refractivity contribution is 6.03. The van der Waals surface area contributed by atoms with Crippen LogP contribution in [0.2, 0.25) is 0 Å². The average Bonchev–Trinajstić information content (AvgIpc) is 3.13. The van der Waals surface area contributed by atoms with Gasteiger partial charge in [-0.05, 0) is 31.5 Å². The van der Waals surface area contributed by atoms with Gasteiger partial charge in [0.1, 0.15) is 5.75 Å². The second-order valence-electron chi connectivity index (χ2n) is 6.96. The first kappa shape index (κ1) is 20.2. The van der Waals surface area contributed by atoms with E-state index in [-0.39, 0.29) is 11.9 Å². The van der Waals surface area contributed by atoms with Gasteiger partial charge in [-0.2, -0.15) is 0 Å². The number of benzene rings is 1. The maximum Gasteiger partial charge on any atom is 0.340 e. The zero-order valence-electron chi connectivity index (χ0n) is 16.6. The number of ether oxygens (including phenoxy) is 2. The molecule has 0 aliphatic carbocycles. The molecule has 0 aromatic heterocycles. The highest BCUT2D eigenvalue weighted by Crippen LogP contribution is 2.30. The molecule has 1 heterocycles. The van der Waals surface area contributed by atoms with Crippen LogP contribution in [0.1, 0.15) is 49.0 Å². The molecule has 6 heteroatoms. The van der Waals surface area contributed by atoms with Gasteiger partial charge in [0.05, 0.1) is 45.1 Å². The van der Waals surface area contributed by atoms with Gasteiger partial charge < -0.3 is 19.3 Å². The molecule has 144 valence electrons. The molecule has 2 rings (SSSR count). The molecule has 1 amide bonds. The van der Waals surface area contributed by atoms with Crippen molar-refractivity contribution in [3.05, 3.63) is 23.3 Å². The molecular weight excluding hydrogens is 332 g/mol. The largest absolute Gasteiger partial charge is 0.497 e. The van der Waals surface area contributed by atoms with E-state index in [2.05, 4.69) is 19.2 Å². The molecular formula is C20H31N2O4+. The number of hydrogen-bond donors (Lipinski definition) is 1. The van der Waals surface area contributed by atoms with Gasteiger partial charge in [-0.15, -0.1) is 0 Å². The van der Waals surface area contributed by atoms with Crippen LogP contribution < -0.4 is 10.1 Å². The fraction of sp³-hybridized carbons (Fsp3) is 0.600. The summed E-state index contributed by atoms with van der Waals surface area (Å²) in [6.45, 7) is 9.07. The minimum atomic E-state index is -0.490. The van der Waals surface area contributed by atoms with Gasteiger partial charge in [-0.3, -0.25) is 4.79 Å². The third kappa shape index (κ3) is 3.85. The van der Waals surface area contributed by atoms with Crippen LogP contribution >= 0.6 is 0 Å². The number of rotatable bonds is 7. The lowest BCUT2D eigenvalue weighted by molar-refractivity contribution is -0.930. The molecule has 1 aromatic carbocycles. The van der Waals surface area contributed by atoms with Crippen molar-refractivity contribution in [3.8, 4) is 5.75 Å². The summed E-state index contributed by atoms with van der Waals surface area (Å²) in [5.41, 5.74) is 1.60. The molecule has 1 atom stereocenters. The second kappa shape index (κ2) is 8.54. The summed E-state index contributed by atoms with van der Waals surface area (Å²) in [5.74, 6) is 0.0372. The maximum atomic E-state index is 13.2. The van der Waals surface area contributed by atoms with Gasteiger partial charge in [0.25, 0.3) is 5.91 Å². The van der Waals surface area contributed by atoms with Crippen LogP contribution in [0.5, 0.6) is 5.75 Å². The number of anilines is 1. The van der Waals surface area contributed by atoms with Crippen LogP contribution in [-0.4, -0.2) is 56.3 Å². The summed E-state index contributed by atoms with van der Waals surface area (Å²) < 4.78 is 11.0. The lowest BCUT2D eigenvalue weighted by atomic mass is 10.0. The number of hydrogen-bond acceptors (Lipinski definition) is 4. The average molecular weight is 363 g/mol. The minimum Gasteiger partial charge on any atom is -0.497 e. The van der Waals surface area contributed by atoms with Crippen molar-refractivity contribution >= 4 is 17.6 Å². The molecule has 1 fully saturated rings. The quantitative estimate of drug-likeness (QED) is 0.597. The Balaban J connectivity index is 2.37. The first-order chi connectivity index (χ1) is 12.4. The van der Waals surface area contributed by atoms with Crippen LogP contribution in [0, 0.1) is 6.92 Å². The molecule has 0 saturated carbocycles. The Bertz CT molecular complexity index is 666. The third-order valence-corrected chi connectivity index (χ3v) is 5.64. The van der Waals surface area contributed by atoms with E-state index in [9.17, 15) is 9.59 Å².